The van der Waals surface area contributed by atoms with Crippen molar-refractivity contribution in [3.05, 3.63) is 91.9 Å². The maximum absolute atomic E-state index is 13.2. The van der Waals surface area contributed by atoms with E-state index in [9.17, 15) is 23.6 Å². The molecule has 0 spiro atoms. The Morgan fingerprint density at radius 1 is 1.06 bits per heavy atom. The van der Waals surface area contributed by atoms with E-state index >= 15 is 0 Å². The highest BCUT2D eigenvalue weighted by Crippen LogP contribution is 2.13. The van der Waals surface area contributed by atoms with Crippen LogP contribution in [0.5, 0.6) is 0 Å². The van der Waals surface area contributed by atoms with Crippen molar-refractivity contribution in [1.29, 1.82) is 0 Å². The number of primary amides is 1. The number of hydrogen-bond donors (Lipinski definition) is 3. The van der Waals surface area contributed by atoms with E-state index in [1.54, 1.807) is 19.1 Å². The van der Waals surface area contributed by atoms with Crippen LogP contribution >= 0.6 is 0 Å². The van der Waals surface area contributed by atoms with Crippen LogP contribution < -0.4 is 28.0 Å². The first-order valence-corrected chi connectivity index (χ1v) is 9.77. The SMILES string of the molecule is CCn1c(=O)c(C(=O)CNc2cccc(C(N)=O)c2)c(N)n(Cc2ccc(F)cc2)c1=O. The number of nitrogens with two attached hydrogens (primary N) is 2. The molecule has 0 saturated carbocycles. The first kappa shape index (κ1) is 22.5. The lowest BCUT2D eigenvalue weighted by atomic mass is 10.1. The number of rotatable bonds is 8. The third-order valence-corrected chi connectivity index (χ3v) is 4.92. The Balaban J connectivity index is 1.96. The summed E-state index contributed by atoms with van der Waals surface area (Å²) in [4.78, 5) is 49.8. The van der Waals surface area contributed by atoms with Crippen LogP contribution in [0.4, 0.5) is 15.9 Å². The first-order chi connectivity index (χ1) is 15.2. The molecule has 1 aromatic heterocycles. The van der Waals surface area contributed by atoms with Gasteiger partial charge in [0.15, 0.2) is 5.78 Å². The van der Waals surface area contributed by atoms with E-state index in [2.05, 4.69) is 5.32 Å². The molecule has 1 heterocycles. The minimum Gasteiger partial charge on any atom is -0.384 e. The number of ketones is 1. The minimum absolute atomic E-state index is 0.0374. The Hall–Kier alpha value is -4.21. The molecular formula is C22H22FN5O4. The summed E-state index contributed by atoms with van der Waals surface area (Å²) in [5.41, 5.74) is 10.8. The third-order valence-electron chi connectivity index (χ3n) is 4.92. The zero-order chi connectivity index (χ0) is 23.4. The Morgan fingerprint density at radius 2 is 1.75 bits per heavy atom. The number of halogens is 1. The fourth-order valence-electron chi connectivity index (χ4n) is 3.23. The zero-order valence-corrected chi connectivity index (χ0v) is 17.3. The molecule has 0 bridgehead atoms. The largest absolute Gasteiger partial charge is 0.384 e. The highest BCUT2D eigenvalue weighted by atomic mass is 19.1. The summed E-state index contributed by atoms with van der Waals surface area (Å²) in [7, 11) is 0. The van der Waals surface area contributed by atoms with E-state index in [1.165, 1.54) is 36.4 Å². The summed E-state index contributed by atoms with van der Waals surface area (Å²) in [5.74, 6) is -1.96. The standard InChI is InChI=1S/C22H22FN5O4/c1-2-27-21(31)18(17(29)11-26-16-5-3-4-14(10-16)20(25)30)19(24)28(22(27)32)12-13-6-8-15(23)9-7-13/h3-10,26H,2,11-12,24H2,1H3,(H2,25,30). The van der Waals surface area contributed by atoms with Gasteiger partial charge < -0.3 is 16.8 Å². The minimum atomic E-state index is -0.789. The van der Waals surface area contributed by atoms with Gasteiger partial charge in [0.2, 0.25) is 5.91 Å². The van der Waals surface area contributed by atoms with Gasteiger partial charge in [-0.05, 0) is 42.8 Å². The van der Waals surface area contributed by atoms with E-state index < -0.39 is 28.8 Å². The lowest BCUT2D eigenvalue weighted by Crippen LogP contribution is -2.44. The fraction of sp³-hybridized carbons (Fsp3) is 0.182. The quantitative estimate of drug-likeness (QED) is 0.450. The van der Waals surface area contributed by atoms with Crippen LogP contribution in [0.2, 0.25) is 0 Å². The lowest BCUT2D eigenvalue weighted by molar-refractivity contribution is 0.0994. The van der Waals surface area contributed by atoms with Gasteiger partial charge in [0, 0.05) is 17.8 Å². The summed E-state index contributed by atoms with van der Waals surface area (Å²) in [6.07, 6.45) is 0. The summed E-state index contributed by atoms with van der Waals surface area (Å²) in [6, 6.07) is 11.7. The predicted octanol–water partition coefficient (Wildman–Crippen LogP) is 1.19. The number of carbonyl (C=O) groups excluding carboxylic acids is 2. The highest BCUT2D eigenvalue weighted by molar-refractivity contribution is 6.02. The highest BCUT2D eigenvalue weighted by Gasteiger charge is 2.22. The van der Waals surface area contributed by atoms with Crippen LogP contribution in [0.1, 0.15) is 33.2 Å². The average Bonchev–Trinajstić information content (AvgIpc) is 2.77. The van der Waals surface area contributed by atoms with Gasteiger partial charge in [0.25, 0.3) is 5.56 Å². The van der Waals surface area contributed by atoms with Gasteiger partial charge in [-0.2, -0.15) is 0 Å². The number of anilines is 2. The van der Waals surface area contributed by atoms with Crippen molar-refractivity contribution in [2.75, 3.05) is 17.6 Å². The summed E-state index contributed by atoms with van der Waals surface area (Å²) in [5, 5.41) is 2.83. The normalized spacial score (nSPS) is 10.7. The van der Waals surface area contributed by atoms with Crippen LogP contribution in [0.3, 0.4) is 0 Å². The second-order valence-electron chi connectivity index (χ2n) is 7.03. The molecule has 0 unspecified atom stereocenters. The third kappa shape index (κ3) is 4.59. The van der Waals surface area contributed by atoms with Gasteiger partial charge in [-0.1, -0.05) is 18.2 Å². The van der Waals surface area contributed by atoms with Crippen molar-refractivity contribution < 1.29 is 14.0 Å². The number of nitrogens with zero attached hydrogens (tertiary/aromatic N) is 2. The van der Waals surface area contributed by atoms with Crippen molar-refractivity contribution in [3.8, 4) is 0 Å². The molecule has 10 heteroatoms. The molecule has 0 atom stereocenters. The molecule has 0 aliphatic rings. The predicted molar refractivity (Wildman–Crippen MR) is 118 cm³/mol. The Bertz CT molecular complexity index is 1300. The summed E-state index contributed by atoms with van der Waals surface area (Å²) >= 11 is 0. The van der Waals surface area contributed by atoms with Gasteiger partial charge in [-0.25, -0.2) is 9.18 Å². The Morgan fingerprint density at radius 3 is 2.38 bits per heavy atom. The second-order valence-corrected chi connectivity index (χ2v) is 7.03. The number of hydrogen-bond acceptors (Lipinski definition) is 6. The molecule has 166 valence electrons. The Kier molecular flexibility index (Phi) is 6.53. The number of amides is 1. The molecule has 0 fully saturated rings. The lowest BCUT2D eigenvalue weighted by Gasteiger charge is -2.16. The smallest absolute Gasteiger partial charge is 0.332 e. The second kappa shape index (κ2) is 9.29. The van der Waals surface area contributed by atoms with Crippen LogP contribution in [0, 0.1) is 5.82 Å². The molecular weight excluding hydrogens is 417 g/mol. The number of nitrogen functional groups attached to an aromatic ring is 1. The van der Waals surface area contributed by atoms with Crippen molar-refractivity contribution in [3.63, 3.8) is 0 Å². The van der Waals surface area contributed by atoms with Gasteiger partial charge in [0.1, 0.15) is 17.2 Å². The molecule has 3 rings (SSSR count). The van der Waals surface area contributed by atoms with Crippen molar-refractivity contribution >= 4 is 23.2 Å². The molecule has 0 saturated heterocycles. The van der Waals surface area contributed by atoms with Crippen molar-refractivity contribution in [1.82, 2.24) is 9.13 Å². The van der Waals surface area contributed by atoms with Gasteiger partial charge in [-0.15, -0.1) is 0 Å². The van der Waals surface area contributed by atoms with Gasteiger partial charge in [0.05, 0.1) is 13.1 Å². The van der Waals surface area contributed by atoms with Crippen LogP contribution in [-0.2, 0) is 13.1 Å². The number of aromatic nitrogens is 2. The molecule has 3 aromatic rings. The van der Waals surface area contributed by atoms with E-state index in [-0.39, 0.29) is 36.6 Å². The maximum Gasteiger partial charge on any atom is 0.332 e. The van der Waals surface area contributed by atoms with Crippen LogP contribution in [0.15, 0.2) is 58.1 Å². The molecule has 1 amide bonds. The van der Waals surface area contributed by atoms with E-state index in [0.29, 0.717) is 11.3 Å². The van der Waals surface area contributed by atoms with Crippen LogP contribution in [0.25, 0.3) is 0 Å². The summed E-state index contributed by atoms with van der Waals surface area (Å²) in [6.45, 7) is 1.29. The van der Waals surface area contributed by atoms with E-state index in [0.717, 1.165) is 9.13 Å². The number of nitrogens with one attached hydrogen (secondary N) is 1. The summed E-state index contributed by atoms with van der Waals surface area (Å²) < 4.78 is 15.2. The maximum atomic E-state index is 13.2. The van der Waals surface area contributed by atoms with E-state index in [1.807, 2.05) is 0 Å². The molecule has 2 aromatic carbocycles. The van der Waals surface area contributed by atoms with Crippen molar-refractivity contribution in [2.24, 2.45) is 5.73 Å². The number of benzene rings is 2. The van der Waals surface area contributed by atoms with E-state index in [4.69, 9.17) is 11.5 Å². The molecule has 9 nitrogen and oxygen atoms in total. The molecule has 0 aliphatic heterocycles. The molecule has 32 heavy (non-hydrogen) atoms. The zero-order valence-electron chi connectivity index (χ0n) is 17.3. The van der Waals surface area contributed by atoms with Gasteiger partial charge >= 0.3 is 5.69 Å². The number of carbonyl (C=O) groups is 2. The monoisotopic (exact) mass is 439 g/mol. The molecule has 0 aliphatic carbocycles. The molecule has 0 radical (unpaired) electrons. The first-order valence-electron chi connectivity index (χ1n) is 9.77. The topological polar surface area (TPSA) is 142 Å². The fourth-order valence-corrected chi connectivity index (χ4v) is 3.23. The van der Waals surface area contributed by atoms with Gasteiger partial charge in [-0.3, -0.25) is 23.5 Å². The number of Topliss-reactive ketones (excluding diaryl/α,β-unsaturated/α-hetero) is 1. The molecule has 5 N–H and O–H groups in total. The Labute approximate surface area is 182 Å². The van der Waals surface area contributed by atoms with Crippen LogP contribution in [-0.4, -0.2) is 27.4 Å². The van der Waals surface area contributed by atoms with Crippen molar-refractivity contribution in [2.45, 2.75) is 20.0 Å². The average molecular weight is 439 g/mol.